The third-order valence-corrected chi connectivity index (χ3v) is 5.18. The molecule has 2 aromatic heterocycles. The normalized spacial score (nSPS) is 19.9. The highest BCUT2D eigenvalue weighted by Crippen LogP contribution is 2.26. The van der Waals surface area contributed by atoms with Crippen LogP contribution in [0.3, 0.4) is 0 Å². The van der Waals surface area contributed by atoms with Gasteiger partial charge in [0.1, 0.15) is 17.9 Å². The van der Waals surface area contributed by atoms with Crippen molar-refractivity contribution in [3.63, 3.8) is 0 Å². The molecule has 1 aromatic carbocycles. The van der Waals surface area contributed by atoms with Crippen LogP contribution in [0.15, 0.2) is 36.8 Å². The van der Waals surface area contributed by atoms with E-state index in [2.05, 4.69) is 31.5 Å². The van der Waals surface area contributed by atoms with E-state index >= 15 is 0 Å². The van der Waals surface area contributed by atoms with Crippen LogP contribution in [0.2, 0.25) is 0 Å². The van der Waals surface area contributed by atoms with Crippen molar-refractivity contribution in [3.05, 3.63) is 42.4 Å². The van der Waals surface area contributed by atoms with Crippen molar-refractivity contribution < 1.29 is 9.47 Å². The van der Waals surface area contributed by atoms with Crippen LogP contribution in [0.25, 0.3) is 11.0 Å². The molecule has 1 aliphatic rings. The Hall–Kier alpha value is -2.67. The predicted octanol–water partition coefficient (Wildman–Crippen LogP) is 3.34. The number of H-pyrrole nitrogens is 1. The Bertz CT molecular complexity index is 873. The molecule has 0 spiro atoms. The molecule has 0 aliphatic heterocycles. The van der Waals surface area contributed by atoms with E-state index in [9.17, 15) is 0 Å². The number of aromatic amines is 1. The molecule has 0 atom stereocenters. The molecule has 1 fully saturated rings. The summed E-state index contributed by atoms with van der Waals surface area (Å²) in [4.78, 5) is 8.55. The summed E-state index contributed by atoms with van der Waals surface area (Å²) >= 11 is 0. The van der Waals surface area contributed by atoms with Crippen molar-refractivity contribution in [2.75, 3.05) is 19.0 Å². The van der Waals surface area contributed by atoms with Gasteiger partial charge in [-0.15, -0.1) is 0 Å². The maximum Gasteiger partial charge on any atom is 0.160 e. The number of nitrogens with zero attached hydrogens (tertiary/aromatic N) is 3. The summed E-state index contributed by atoms with van der Waals surface area (Å²) in [7, 11) is 1.71. The van der Waals surface area contributed by atoms with Crippen LogP contribution in [0.4, 0.5) is 5.82 Å². The molecule has 0 unspecified atom stereocenters. The van der Waals surface area contributed by atoms with Crippen LogP contribution < -0.4 is 10.1 Å². The van der Waals surface area contributed by atoms with E-state index in [0.717, 1.165) is 61.3 Å². The van der Waals surface area contributed by atoms with Gasteiger partial charge in [-0.1, -0.05) is 18.2 Å². The average Bonchev–Trinajstić information content (AvgIpc) is 3.20. The second-order valence-electron chi connectivity index (χ2n) is 6.91. The van der Waals surface area contributed by atoms with Gasteiger partial charge in [-0.25, -0.2) is 9.97 Å². The molecular formula is C20H25N5O2. The number of rotatable bonds is 7. The first-order valence-corrected chi connectivity index (χ1v) is 9.47. The Kier molecular flexibility index (Phi) is 5.48. The fraction of sp³-hybridized carbons (Fsp3) is 0.450. The number of para-hydroxylation sites is 1. The fourth-order valence-electron chi connectivity index (χ4n) is 3.69. The lowest BCUT2D eigenvalue weighted by Gasteiger charge is -2.29. The van der Waals surface area contributed by atoms with Gasteiger partial charge in [-0.2, -0.15) is 5.10 Å². The third-order valence-electron chi connectivity index (χ3n) is 5.18. The zero-order valence-corrected chi connectivity index (χ0v) is 15.5. The van der Waals surface area contributed by atoms with E-state index in [1.165, 1.54) is 5.56 Å². The van der Waals surface area contributed by atoms with E-state index in [-0.39, 0.29) is 0 Å². The SMILES string of the molecule is COc1ccccc1CCO[C@H]1CC[C@H](Nc2ncnc3[nH]ncc23)CC1. The largest absolute Gasteiger partial charge is 0.496 e. The maximum absolute atomic E-state index is 6.12. The highest BCUT2D eigenvalue weighted by molar-refractivity contribution is 5.85. The minimum atomic E-state index is 0.331. The summed E-state index contributed by atoms with van der Waals surface area (Å²) in [6, 6.07) is 8.54. The molecule has 27 heavy (non-hydrogen) atoms. The lowest BCUT2D eigenvalue weighted by molar-refractivity contribution is 0.0281. The molecule has 0 saturated heterocycles. The molecule has 2 heterocycles. The number of ether oxygens (including phenoxy) is 2. The van der Waals surface area contributed by atoms with Gasteiger partial charge in [-0.05, 0) is 43.7 Å². The first kappa shape index (κ1) is 17.7. The summed E-state index contributed by atoms with van der Waals surface area (Å²) in [6.45, 7) is 0.727. The lowest BCUT2D eigenvalue weighted by Crippen LogP contribution is -2.30. The number of benzene rings is 1. The Balaban J connectivity index is 1.24. The predicted molar refractivity (Wildman–Crippen MR) is 104 cm³/mol. The van der Waals surface area contributed by atoms with Gasteiger partial charge in [0, 0.05) is 6.04 Å². The number of anilines is 1. The zero-order valence-electron chi connectivity index (χ0n) is 15.5. The summed E-state index contributed by atoms with van der Waals surface area (Å²) in [5, 5.41) is 11.4. The first-order valence-electron chi connectivity index (χ1n) is 9.47. The molecule has 3 aromatic rings. The van der Waals surface area contributed by atoms with Crippen LogP contribution in [0.1, 0.15) is 31.2 Å². The quantitative estimate of drug-likeness (QED) is 0.666. The van der Waals surface area contributed by atoms with Crippen LogP contribution in [-0.4, -0.2) is 46.0 Å². The maximum atomic E-state index is 6.12. The van der Waals surface area contributed by atoms with Crippen molar-refractivity contribution in [1.82, 2.24) is 20.2 Å². The van der Waals surface area contributed by atoms with Crippen LogP contribution in [0.5, 0.6) is 5.75 Å². The van der Waals surface area contributed by atoms with Crippen molar-refractivity contribution in [3.8, 4) is 5.75 Å². The summed E-state index contributed by atoms with van der Waals surface area (Å²) in [5.41, 5.74) is 1.96. The smallest absolute Gasteiger partial charge is 0.160 e. The molecule has 142 valence electrons. The second-order valence-corrected chi connectivity index (χ2v) is 6.91. The standard InChI is InChI=1S/C20H25N5O2/c1-26-18-5-3-2-4-14(18)10-11-27-16-8-6-15(7-9-16)24-19-17-12-23-25-20(17)22-13-21-19/h2-5,12-13,15-16H,6-11H2,1H3,(H2,21,22,23,24,25)/t15-,16-. The fourth-order valence-corrected chi connectivity index (χ4v) is 3.69. The topological polar surface area (TPSA) is 85.0 Å². The number of nitrogens with one attached hydrogen (secondary N) is 2. The Morgan fingerprint density at radius 3 is 2.85 bits per heavy atom. The highest BCUT2D eigenvalue weighted by Gasteiger charge is 2.22. The number of hydrogen-bond acceptors (Lipinski definition) is 6. The van der Waals surface area contributed by atoms with Gasteiger partial charge in [0.2, 0.25) is 0 Å². The Labute approximate surface area is 158 Å². The molecule has 4 rings (SSSR count). The van der Waals surface area contributed by atoms with Crippen LogP contribution in [-0.2, 0) is 11.2 Å². The molecule has 7 nitrogen and oxygen atoms in total. The van der Waals surface area contributed by atoms with Gasteiger partial charge in [0.25, 0.3) is 0 Å². The van der Waals surface area contributed by atoms with Crippen LogP contribution in [0, 0.1) is 0 Å². The molecule has 0 bridgehead atoms. The third kappa shape index (κ3) is 4.19. The van der Waals surface area contributed by atoms with Crippen LogP contribution >= 0.6 is 0 Å². The van der Waals surface area contributed by atoms with Gasteiger partial charge in [-0.3, -0.25) is 5.10 Å². The Morgan fingerprint density at radius 1 is 1.15 bits per heavy atom. The molecule has 7 heteroatoms. The minimum Gasteiger partial charge on any atom is -0.496 e. The van der Waals surface area contributed by atoms with Gasteiger partial charge in [0.15, 0.2) is 5.65 Å². The highest BCUT2D eigenvalue weighted by atomic mass is 16.5. The monoisotopic (exact) mass is 367 g/mol. The molecular weight excluding hydrogens is 342 g/mol. The second kappa shape index (κ2) is 8.35. The number of methoxy groups -OCH3 is 1. The van der Waals surface area contributed by atoms with Gasteiger partial charge < -0.3 is 14.8 Å². The molecule has 2 N–H and O–H groups in total. The van der Waals surface area contributed by atoms with E-state index in [0.29, 0.717) is 12.1 Å². The Morgan fingerprint density at radius 2 is 2.00 bits per heavy atom. The van der Waals surface area contributed by atoms with E-state index in [1.807, 2.05) is 18.2 Å². The minimum absolute atomic E-state index is 0.331. The van der Waals surface area contributed by atoms with E-state index in [4.69, 9.17) is 9.47 Å². The molecule has 0 amide bonds. The average molecular weight is 367 g/mol. The number of hydrogen-bond donors (Lipinski definition) is 2. The zero-order chi connectivity index (χ0) is 18.5. The van der Waals surface area contributed by atoms with Crippen molar-refractivity contribution in [1.29, 1.82) is 0 Å². The van der Waals surface area contributed by atoms with Gasteiger partial charge in [0.05, 0.1) is 31.4 Å². The molecule has 0 radical (unpaired) electrons. The van der Waals surface area contributed by atoms with Crippen molar-refractivity contribution >= 4 is 16.9 Å². The van der Waals surface area contributed by atoms with E-state index in [1.54, 1.807) is 19.6 Å². The molecule has 1 saturated carbocycles. The first-order chi connectivity index (χ1) is 13.3. The summed E-state index contributed by atoms with van der Waals surface area (Å²) < 4.78 is 11.5. The van der Waals surface area contributed by atoms with Crippen molar-refractivity contribution in [2.45, 2.75) is 44.2 Å². The number of aromatic nitrogens is 4. The van der Waals surface area contributed by atoms with E-state index < -0.39 is 0 Å². The number of fused-ring (bicyclic) bond motifs is 1. The van der Waals surface area contributed by atoms with Crippen molar-refractivity contribution in [2.24, 2.45) is 0 Å². The summed E-state index contributed by atoms with van der Waals surface area (Å²) in [6.07, 6.45) is 8.80. The molecule has 1 aliphatic carbocycles. The summed E-state index contributed by atoms with van der Waals surface area (Å²) in [5.74, 6) is 1.79. The lowest BCUT2D eigenvalue weighted by atomic mass is 9.93. The van der Waals surface area contributed by atoms with Gasteiger partial charge >= 0.3 is 0 Å².